The smallest absolute Gasteiger partial charge is 0.328 e. The molecule has 0 unspecified atom stereocenters. The first-order valence-corrected chi connectivity index (χ1v) is 10.0. The summed E-state index contributed by atoms with van der Waals surface area (Å²) in [4.78, 5) is 24.9. The Labute approximate surface area is 175 Å². The molecule has 0 aromatic carbocycles. The third kappa shape index (κ3) is 8.10. The number of allylic oxidation sites excluding steroid dienone is 10. The van der Waals surface area contributed by atoms with Crippen LogP contribution in [0, 0.1) is 5.41 Å². The number of aliphatic carboxylic acids is 1. The number of hydrogen-bond acceptors (Lipinski definition) is 2. The van der Waals surface area contributed by atoms with Crippen molar-refractivity contribution in [2.24, 2.45) is 5.41 Å². The van der Waals surface area contributed by atoms with Gasteiger partial charge < -0.3 is 10.0 Å². The van der Waals surface area contributed by atoms with Crippen molar-refractivity contribution >= 4 is 11.9 Å². The normalized spacial score (nSPS) is 18.7. The van der Waals surface area contributed by atoms with E-state index >= 15 is 0 Å². The predicted octanol–water partition coefficient (Wildman–Crippen LogP) is 5.62. The van der Waals surface area contributed by atoms with Gasteiger partial charge in [0.25, 0.3) is 0 Å². The number of rotatable bonds is 7. The van der Waals surface area contributed by atoms with Gasteiger partial charge in [0, 0.05) is 25.7 Å². The molecule has 1 aliphatic carbocycles. The topological polar surface area (TPSA) is 57.6 Å². The van der Waals surface area contributed by atoms with Gasteiger partial charge in [-0.25, -0.2) is 4.79 Å². The summed E-state index contributed by atoms with van der Waals surface area (Å²) in [6.45, 7) is 10.2. The van der Waals surface area contributed by atoms with Crippen LogP contribution in [-0.2, 0) is 9.59 Å². The van der Waals surface area contributed by atoms with Crippen LogP contribution in [0.5, 0.6) is 0 Å². The standard InChI is InChI=1S/C25H35NO3/c1-18(10-8-11-19(2)17-23(27)28)16-20(3)13-14-22-21(24(29)26(6)7)12-9-15-25(22,4)5/h8,10-11,13-14,16-17H,9,12,15H2,1-7H3,(H,27,28)/b11-8+,14-13+,18-10+,19-17+,20-16+. The molecule has 29 heavy (non-hydrogen) atoms. The lowest BCUT2D eigenvalue weighted by molar-refractivity contribution is -0.131. The Morgan fingerprint density at radius 1 is 1.00 bits per heavy atom. The van der Waals surface area contributed by atoms with Crippen LogP contribution in [-0.4, -0.2) is 36.0 Å². The molecule has 158 valence electrons. The second-order valence-electron chi connectivity index (χ2n) is 8.55. The number of amides is 1. The average Bonchev–Trinajstić information content (AvgIpc) is 2.58. The SMILES string of the molecule is CC(=C\C=C\C(C)=C\C(=O)O)/C=C(C)/C=C/C1=C(C(=O)N(C)C)CCCC1(C)C. The van der Waals surface area contributed by atoms with Gasteiger partial charge in [-0.2, -0.15) is 0 Å². The third-order valence-electron chi connectivity index (χ3n) is 4.98. The molecule has 4 nitrogen and oxygen atoms in total. The maximum Gasteiger partial charge on any atom is 0.328 e. The molecule has 0 atom stereocenters. The van der Waals surface area contributed by atoms with Crippen LogP contribution in [0.25, 0.3) is 0 Å². The van der Waals surface area contributed by atoms with Gasteiger partial charge in [0.1, 0.15) is 0 Å². The van der Waals surface area contributed by atoms with Gasteiger partial charge in [0.2, 0.25) is 5.91 Å². The maximum absolute atomic E-state index is 12.6. The van der Waals surface area contributed by atoms with Gasteiger partial charge in [-0.3, -0.25) is 4.79 Å². The Morgan fingerprint density at radius 3 is 2.21 bits per heavy atom. The lowest BCUT2D eigenvalue weighted by Crippen LogP contribution is -2.30. The summed E-state index contributed by atoms with van der Waals surface area (Å²) in [5.41, 5.74) is 4.88. The molecule has 0 saturated carbocycles. The van der Waals surface area contributed by atoms with Crippen molar-refractivity contribution in [1.29, 1.82) is 0 Å². The molecule has 1 N–H and O–H groups in total. The molecule has 0 aromatic heterocycles. The van der Waals surface area contributed by atoms with Crippen molar-refractivity contribution in [2.75, 3.05) is 14.1 Å². The first-order valence-electron chi connectivity index (χ1n) is 10.0. The van der Waals surface area contributed by atoms with Crippen molar-refractivity contribution in [1.82, 2.24) is 4.90 Å². The van der Waals surface area contributed by atoms with Gasteiger partial charge in [-0.05, 0) is 56.6 Å². The van der Waals surface area contributed by atoms with Gasteiger partial charge >= 0.3 is 5.97 Å². The van der Waals surface area contributed by atoms with Crippen molar-refractivity contribution < 1.29 is 14.7 Å². The molecular weight excluding hydrogens is 362 g/mol. The zero-order chi connectivity index (χ0) is 22.2. The van der Waals surface area contributed by atoms with Crippen molar-refractivity contribution in [3.8, 4) is 0 Å². The van der Waals surface area contributed by atoms with E-state index in [-0.39, 0.29) is 11.3 Å². The Bertz CT molecular complexity index is 815. The molecule has 1 aliphatic rings. The highest BCUT2D eigenvalue weighted by molar-refractivity contribution is 5.94. The average molecular weight is 398 g/mol. The van der Waals surface area contributed by atoms with E-state index in [2.05, 4.69) is 32.1 Å². The summed E-state index contributed by atoms with van der Waals surface area (Å²) in [5.74, 6) is -0.842. The summed E-state index contributed by atoms with van der Waals surface area (Å²) < 4.78 is 0. The Kier molecular flexibility index (Phi) is 9.09. The molecule has 0 aromatic rings. The zero-order valence-electron chi connectivity index (χ0n) is 18.9. The minimum atomic E-state index is -0.944. The molecule has 1 rings (SSSR count). The van der Waals surface area contributed by atoms with Crippen LogP contribution in [0.3, 0.4) is 0 Å². The van der Waals surface area contributed by atoms with E-state index in [1.807, 2.05) is 26.0 Å². The number of hydrogen-bond donors (Lipinski definition) is 1. The molecule has 0 aliphatic heterocycles. The highest BCUT2D eigenvalue weighted by Crippen LogP contribution is 2.41. The summed E-state index contributed by atoms with van der Waals surface area (Å²) >= 11 is 0. The predicted molar refractivity (Wildman–Crippen MR) is 121 cm³/mol. The third-order valence-corrected chi connectivity index (χ3v) is 4.98. The van der Waals surface area contributed by atoms with E-state index in [0.29, 0.717) is 5.57 Å². The van der Waals surface area contributed by atoms with Crippen LogP contribution in [0.2, 0.25) is 0 Å². The van der Waals surface area contributed by atoms with E-state index in [9.17, 15) is 9.59 Å². The van der Waals surface area contributed by atoms with Crippen LogP contribution in [0.1, 0.15) is 53.9 Å². The second-order valence-corrected chi connectivity index (χ2v) is 8.55. The second kappa shape index (κ2) is 10.8. The molecular formula is C25H35NO3. The minimum Gasteiger partial charge on any atom is -0.478 e. The first-order chi connectivity index (χ1) is 13.4. The quantitative estimate of drug-likeness (QED) is 0.448. The van der Waals surface area contributed by atoms with E-state index < -0.39 is 5.97 Å². The van der Waals surface area contributed by atoms with Crippen molar-refractivity contribution in [2.45, 2.75) is 53.9 Å². The zero-order valence-corrected chi connectivity index (χ0v) is 18.9. The van der Waals surface area contributed by atoms with Gasteiger partial charge in [-0.1, -0.05) is 61.4 Å². The van der Waals surface area contributed by atoms with Crippen molar-refractivity contribution in [3.05, 3.63) is 70.4 Å². The fourth-order valence-electron chi connectivity index (χ4n) is 3.47. The summed E-state index contributed by atoms with van der Waals surface area (Å²) in [7, 11) is 3.61. The molecule has 0 spiro atoms. The monoisotopic (exact) mass is 397 g/mol. The molecule has 0 heterocycles. The lowest BCUT2D eigenvalue weighted by Gasteiger charge is -2.34. The maximum atomic E-state index is 12.6. The van der Waals surface area contributed by atoms with Crippen LogP contribution < -0.4 is 0 Å². The molecule has 1 amide bonds. The highest BCUT2D eigenvalue weighted by atomic mass is 16.4. The Morgan fingerprint density at radius 2 is 1.62 bits per heavy atom. The Balaban J connectivity index is 3.06. The first kappa shape index (κ1) is 24.4. The number of nitrogens with zero attached hydrogens (tertiary/aromatic N) is 1. The molecule has 0 radical (unpaired) electrons. The van der Waals surface area contributed by atoms with E-state index in [1.54, 1.807) is 32.0 Å². The number of likely N-dealkylation sites (N-methyl/N-ethyl adjacent to an activating group) is 1. The fourth-order valence-corrected chi connectivity index (χ4v) is 3.47. The van der Waals surface area contributed by atoms with Gasteiger partial charge in [0.05, 0.1) is 0 Å². The number of carboxylic acids is 1. The largest absolute Gasteiger partial charge is 0.478 e. The summed E-state index contributed by atoms with van der Waals surface area (Å²) in [6, 6.07) is 0. The van der Waals surface area contributed by atoms with E-state index in [1.165, 1.54) is 6.08 Å². The number of carbonyl (C=O) groups excluding carboxylic acids is 1. The van der Waals surface area contributed by atoms with Gasteiger partial charge in [0.15, 0.2) is 0 Å². The molecule has 0 fully saturated rings. The molecule has 0 saturated heterocycles. The lowest BCUT2D eigenvalue weighted by atomic mass is 9.72. The Hall–Kier alpha value is -2.62. The summed E-state index contributed by atoms with van der Waals surface area (Å²) in [6.07, 6.45) is 15.9. The highest BCUT2D eigenvalue weighted by Gasteiger charge is 2.31. The fraction of sp³-hybridized carbons (Fsp3) is 0.440. The van der Waals surface area contributed by atoms with Gasteiger partial charge in [-0.15, -0.1) is 0 Å². The van der Waals surface area contributed by atoms with Crippen molar-refractivity contribution in [3.63, 3.8) is 0 Å². The van der Waals surface area contributed by atoms with E-state index in [0.717, 1.165) is 41.6 Å². The summed E-state index contributed by atoms with van der Waals surface area (Å²) in [5, 5.41) is 8.73. The molecule has 0 bridgehead atoms. The number of carboxylic acid groups (broad SMARTS) is 1. The van der Waals surface area contributed by atoms with Crippen LogP contribution in [0.15, 0.2) is 70.4 Å². The number of carbonyl (C=O) groups is 2. The van der Waals surface area contributed by atoms with E-state index in [4.69, 9.17) is 5.11 Å². The van der Waals surface area contributed by atoms with Crippen LogP contribution >= 0.6 is 0 Å². The van der Waals surface area contributed by atoms with Crippen LogP contribution in [0.4, 0.5) is 0 Å². The minimum absolute atomic E-state index is 0.0162. The molecule has 4 heteroatoms.